The van der Waals surface area contributed by atoms with E-state index >= 15 is 0 Å². The monoisotopic (exact) mass is 254 g/mol. The first-order chi connectivity index (χ1) is 8.50. The molecule has 18 heavy (non-hydrogen) atoms. The van der Waals surface area contributed by atoms with Crippen LogP contribution in [-0.4, -0.2) is 41.1 Å². The summed E-state index contributed by atoms with van der Waals surface area (Å²) in [6.07, 6.45) is 3.65. The molecule has 2 aliphatic rings. The number of carbonyl (C=O) groups is 1. The van der Waals surface area contributed by atoms with Crippen LogP contribution < -0.4 is 5.73 Å². The molecule has 1 aliphatic heterocycles. The number of rotatable bonds is 1. The molecule has 3 N–H and O–H groups in total. The molecule has 4 nitrogen and oxygen atoms in total. The minimum Gasteiger partial charge on any atom is -0.391 e. The van der Waals surface area contributed by atoms with Crippen LogP contribution in [0.4, 0.5) is 0 Å². The van der Waals surface area contributed by atoms with E-state index in [9.17, 15) is 9.90 Å². The van der Waals surface area contributed by atoms with Crippen LogP contribution in [-0.2, 0) is 4.79 Å². The average Bonchev–Trinajstić information content (AvgIpc) is 2.35. The van der Waals surface area contributed by atoms with Gasteiger partial charge in [0.05, 0.1) is 12.0 Å². The third-order valence-electron chi connectivity index (χ3n) is 4.84. The summed E-state index contributed by atoms with van der Waals surface area (Å²) in [5, 5.41) is 9.89. The van der Waals surface area contributed by atoms with Crippen molar-refractivity contribution in [1.82, 2.24) is 4.90 Å². The molecule has 1 aliphatic carbocycles. The minimum absolute atomic E-state index is 0.0113. The molecule has 0 spiro atoms. The van der Waals surface area contributed by atoms with Gasteiger partial charge in [0.25, 0.3) is 0 Å². The maximum absolute atomic E-state index is 12.5. The highest BCUT2D eigenvalue weighted by Gasteiger charge is 2.37. The molecule has 0 aromatic heterocycles. The Labute approximate surface area is 110 Å². The van der Waals surface area contributed by atoms with Gasteiger partial charge in [0.2, 0.25) is 5.91 Å². The number of hydrogen-bond donors (Lipinski definition) is 2. The van der Waals surface area contributed by atoms with Crippen molar-refractivity contribution in [3.05, 3.63) is 0 Å². The third-order valence-corrected chi connectivity index (χ3v) is 4.84. The molecule has 2 fully saturated rings. The quantitative estimate of drug-likeness (QED) is 0.733. The van der Waals surface area contributed by atoms with Gasteiger partial charge >= 0.3 is 0 Å². The highest BCUT2D eigenvalue weighted by atomic mass is 16.3. The number of carbonyl (C=O) groups excluding carboxylic acids is 1. The first-order valence-corrected chi connectivity index (χ1v) is 7.23. The van der Waals surface area contributed by atoms with Crippen molar-refractivity contribution in [2.75, 3.05) is 13.1 Å². The van der Waals surface area contributed by atoms with Crippen LogP contribution in [0.15, 0.2) is 0 Å². The molecule has 5 unspecified atom stereocenters. The van der Waals surface area contributed by atoms with Gasteiger partial charge in [0, 0.05) is 19.1 Å². The maximum atomic E-state index is 12.5. The van der Waals surface area contributed by atoms with E-state index in [4.69, 9.17) is 5.73 Å². The Hall–Kier alpha value is -0.610. The number of aliphatic hydroxyl groups excluding tert-OH is 1. The fourth-order valence-corrected chi connectivity index (χ4v) is 3.21. The number of amides is 1. The van der Waals surface area contributed by atoms with Gasteiger partial charge in [-0.15, -0.1) is 0 Å². The number of nitrogens with zero attached hydrogens (tertiary/aromatic N) is 1. The Kier molecular flexibility index (Phi) is 4.28. The van der Waals surface area contributed by atoms with Crippen LogP contribution in [0.2, 0.25) is 0 Å². The second-order valence-electron chi connectivity index (χ2n) is 6.21. The van der Waals surface area contributed by atoms with Crippen LogP contribution in [0.3, 0.4) is 0 Å². The lowest BCUT2D eigenvalue weighted by atomic mass is 9.77. The van der Waals surface area contributed by atoms with Crippen molar-refractivity contribution >= 4 is 5.91 Å². The van der Waals surface area contributed by atoms with E-state index in [1.54, 1.807) is 0 Å². The van der Waals surface area contributed by atoms with E-state index in [0.29, 0.717) is 18.4 Å². The summed E-state index contributed by atoms with van der Waals surface area (Å²) < 4.78 is 0. The van der Waals surface area contributed by atoms with Crippen molar-refractivity contribution in [3.8, 4) is 0 Å². The fourth-order valence-electron chi connectivity index (χ4n) is 3.21. The first-order valence-electron chi connectivity index (χ1n) is 7.23. The Bertz CT molecular complexity index is 308. The molecule has 0 aromatic rings. The molecule has 0 radical (unpaired) electrons. The maximum Gasteiger partial charge on any atom is 0.227 e. The molecule has 4 heteroatoms. The number of nitrogens with two attached hydrogens (primary N) is 1. The number of β-amino-alcohol motifs (C(OH)–C–C–N with tert-alkyl or cyclic N) is 1. The van der Waals surface area contributed by atoms with E-state index in [-0.39, 0.29) is 24.0 Å². The van der Waals surface area contributed by atoms with Gasteiger partial charge in [-0.1, -0.05) is 20.3 Å². The van der Waals surface area contributed by atoms with E-state index in [0.717, 1.165) is 32.2 Å². The van der Waals surface area contributed by atoms with Gasteiger partial charge in [0.15, 0.2) is 0 Å². The van der Waals surface area contributed by atoms with E-state index in [2.05, 4.69) is 6.92 Å². The van der Waals surface area contributed by atoms with Gasteiger partial charge in [0.1, 0.15) is 0 Å². The molecule has 2 rings (SSSR count). The van der Waals surface area contributed by atoms with Crippen LogP contribution in [0, 0.1) is 17.8 Å². The summed E-state index contributed by atoms with van der Waals surface area (Å²) in [5.74, 6) is 0.865. The molecule has 1 heterocycles. The topological polar surface area (TPSA) is 66.6 Å². The SMILES string of the molecule is CC1CCN(C(=O)C2CCCC(C)C2N)CC1O. The predicted molar refractivity (Wildman–Crippen MR) is 70.8 cm³/mol. The number of hydrogen-bond acceptors (Lipinski definition) is 3. The zero-order valence-corrected chi connectivity index (χ0v) is 11.5. The Morgan fingerprint density at radius 2 is 1.94 bits per heavy atom. The zero-order chi connectivity index (χ0) is 13.3. The predicted octanol–water partition coefficient (Wildman–Crippen LogP) is 0.979. The van der Waals surface area contributed by atoms with Crippen molar-refractivity contribution < 1.29 is 9.90 Å². The number of likely N-dealkylation sites (tertiary alicyclic amines) is 1. The smallest absolute Gasteiger partial charge is 0.227 e. The molecular weight excluding hydrogens is 228 g/mol. The standard InChI is InChI=1S/C14H26N2O2/c1-9-6-7-16(8-12(9)17)14(18)11-5-3-4-10(2)13(11)15/h9-13,17H,3-8,15H2,1-2H3. The summed E-state index contributed by atoms with van der Waals surface area (Å²) >= 11 is 0. The normalized spacial score (nSPS) is 41.8. The van der Waals surface area contributed by atoms with Crippen molar-refractivity contribution in [3.63, 3.8) is 0 Å². The summed E-state index contributed by atoms with van der Waals surface area (Å²) in [4.78, 5) is 14.3. The Morgan fingerprint density at radius 3 is 2.61 bits per heavy atom. The molecule has 1 saturated carbocycles. The van der Waals surface area contributed by atoms with Crippen LogP contribution >= 0.6 is 0 Å². The summed E-state index contributed by atoms with van der Waals surface area (Å²) in [7, 11) is 0. The second-order valence-corrected chi connectivity index (χ2v) is 6.21. The van der Waals surface area contributed by atoms with Gasteiger partial charge in [-0.25, -0.2) is 0 Å². The number of piperidine rings is 1. The summed E-state index contributed by atoms with van der Waals surface area (Å²) in [6, 6.07) is -0.0113. The Morgan fingerprint density at radius 1 is 1.22 bits per heavy atom. The first kappa shape index (κ1) is 13.8. The second kappa shape index (κ2) is 5.57. The van der Waals surface area contributed by atoms with E-state index < -0.39 is 0 Å². The van der Waals surface area contributed by atoms with E-state index in [1.165, 1.54) is 0 Å². The van der Waals surface area contributed by atoms with Crippen LogP contribution in [0.25, 0.3) is 0 Å². The number of aliphatic hydroxyl groups is 1. The minimum atomic E-state index is -0.375. The van der Waals surface area contributed by atoms with Crippen LogP contribution in [0.1, 0.15) is 39.5 Å². The summed E-state index contributed by atoms with van der Waals surface area (Å²) in [5.41, 5.74) is 6.18. The van der Waals surface area contributed by atoms with Gasteiger partial charge < -0.3 is 15.7 Å². The largest absolute Gasteiger partial charge is 0.391 e. The van der Waals surface area contributed by atoms with Gasteiger partial charge in [-0.3, -0.25) is 4.79 Å². The molecule has 0 bridgehead atoms. The third kappa shape index (κ3) is 2.69. The zero-order valence-electron chi connectivity index (χ0n) is 11.5. The Balaban J connectivity index is 1.98. The van der Waals surface area contributed by atoms with Gasteiger partial charge in [-0.2, -0.15) is 0 Å². The lowest BCUT2D eigenvalue weighted by Gasteiger charge is -2.40. The lowest BCUT2D eigenvalue weighted by Crippen LogP contribution is -2.53. The van der Waals surface area contributed by atoms with Crippen molar-refractivity contribution in [2.45, 2.75) is 51.7 Å². The molecule has 1 amide bonds. The highest BCUT2D eigenvalue weighted by Crippen LogP contribution is 2.30. The van der Waals surface area contributed by atoms with Crippen molar-refractivity contribution in [1.29, 1.82) is 0 Å². The van der Waals surface area contributed by atoms with Crippen molar-refractivity contribution in [2.24, 2.45) is 23.5 Å². The van der Waals surface area contributed by atoms with E-state index in [1.807, 2.05) is 11.8 Å². The average molecular weight is 254 g/mol. The fraction of sp³-hybridized carbons (Fsp3) is 0.929. The molecule has 0 aromatic carbocycles. The molecule has 5 atom stereocenters. The lowest BCUT2D eigenvalue weighted by molar-refractivity contribution is -0.142. The summed E-state index contributed by atoms with van der Waals surface area (Å²) in [6.45, 7) is 5.43. The van der Waals surface area contributed by atoms with Gasteiger partial charge in [-0.05, 0) is 31.1 Å². The van der Waals surface area contributed by atoms with Crippen LogP contribution in [0.5, 0.6) is 0 Å². The molecule has 1 saturated heterocycles. The molecule has 104 valence electrons. The highest BCUT2D eigenvalue weighted by molar-refractivity contribution is 5.80. The molecular formula is C14H26N2O2.